The molecule has 0 aliphatic heterocycles. The van der Waals surface area contributed by atoms with E-state index in [0.717, 1.165) is 17.5 Å². The second-order valence-electron chi connectivity index (χ2n) is 6.94. The van der Waals surface area contributed by atoms with Crippen LogP contribution in [0, 0.1) is 5.92 Å². The molecule has 28 heavy (non-hydrogen) atoms. The number of phenolic OH excluding ortho intramolecular Hbond substituents is 2. The van der Waals surface area contributed by atoms with E-state index in [-0.39, 0.29) is 28.7 Å². The first-order valence-electron chi connectivity index (χ1n) is 9.07. The van der Waals surface area contributed by atoms with Gasteiger partial charge in [-0.15, -0.1) is 0 Å². The summed E-state index contributed by atoms with van der Waals surface area (Å²) in [5, 5.41) is 22.9. The molecule has 4 rings (SSSR count). The van der Waals surface area contributed by atoms with Crippen molar-refractivity contribution in [2.45, 2.75) is 11.8 Å². The maximum atomic E-state index is 12.8. The number of benzene rings is 3. The molecule has 3 aromatic carbocycles. The Balaban J connectivity index is 1.53. The van der Waals surface area contributed by atoms with Gasteiger partial charge in [0.1, 0.15) is 0 Å². The van der Waals surface area contributed by atoms with Gasteiger partial charge in [0.05, 0.1) is 12.1 Å². The molecule has 1 fully saturated rings. The largest absolute Gasteiger partial charge is 0.504 e. The Kier molecular flexibility index (Phi) is 4.57. The molecule has 0 spiro atoms. The van der Waals surface area contributed by atoms with E-state index in [1.165, 1.54) is 18.3 Å². The Labute approximate surface area is 163 Å². The van der Waals surface area contributed by atoms with Crippen LogP contribution in [0.15, 0.2) is 84.0 Å². The van der Waals surface area contributed by atoms with Gasteiger partial charge in [-0.05, 0) is 41.3 Å². The monoisotopic (exact) mass is 372 g/mol. The molecular weight excluding hydrogens is 352 g/mol. The first-order valence-corrected chi connectivity index (χ1v) is 9.07. The third-order valence-corrected chi connectivity index (χ3v) is 5.24. The van der Waals surface area contributed by atoms with Crippen LogP contribution in [0.5, 0.6) is 11.5 Å². The van der Waals surface area contributed by atoms with Gasteiger partial charge in [0.15, 0.2) is 11.5 Å². The van der Waals surface area contributed by atoms with Crippen LogP contribution in [-0.4, -0.2) is 22.3 Å². The Hall–Kier alpha value is -3.60. The summed E-state index contributed by atoms with van der Waals surface area (Å²) in [6.07, 6.45) is 2.16. The highest BCUT2D eigenvalue weighted by Crippen LogP contribution is 2.58. The lowest BCUT2D eigenvalue weighted by molar-refractivity contribution is -0.122. The Morgan fingerprint density at radius 2 is 1.54 bits per heavy atom. The van der Waals surface area contributed by atoms with Crippen LogP contribution in [0.1, 0.15) is 23.1 Å². The van der Waals surface area contributed by atoms with Gasteiger partial charge in [0.2, 0.25) is 5.91 Å². The van der Waals surface area contributed by atoms with Gasteiger partial charge in [-0.2, -0.15) is 5.10 Å². The molecule has 1 unspecified atom stereocenters. The summed E-state index contributed by atoms with van der Waals surface area (Å²) in [5.74, 6) is -0.783. The first-order chi connectivity index (χ1) is 13.6. The van der Waals surface area contributed by atoms with E-state index in [4.69, 9.17) is 0 Å². The number of carbonyl (C=O) groups is 1. The fourth-order valence-electron chi connectivity index (χ4n) is 3.72. The van der Waals surface area contributed by atoms with Gasteiger partial charge < -0.3 is 10.2 Å². The molecule has 5 nitrogen and oxygen atoms in total. The number of carbonyl (C=O) groups excluding carboxylic acids is 1. The molecule has 0 bridgehead atoms. The molecule has 3 aromatic rings. The first kappa shape index (κ1) is 17.8. The number of phenols is 2. The summed E-state index contributed by atoms with van der Waals surface area (Å²) in [4.78, 5) is 12.8. The van der Waals surface area contributed by atoms with Gasteiger partial charge in [0, 0.05) is 5.41 Å². The molecule has 140 valence electrons. The molecule has 5 heteroatoms. The Bertz CT molecular complexity index is 977. The van der Waals surface area contributed by atoms with Crippen LogP contribution in [-0.2, 0) is 10.2 Å². The molecule has 1 atom stereocenters. The summed E-state index contributed by atoms with van der Waals surface area (Å²) in [7, 11) is 0. The van der Waals surface area contributed by atoms with Gasteiger partial charge in [0.25, 0.3) is 0 Å². The normalized spacial score (nSPS) is 17.4. The van der Waals surface area contributed by atoms with E-state index >= 15 is 0 Å². The van der Waals surface area contributed by atoms with E-state index in [1.807, 2.05) is 36.4 Å². The summed E-state index contributed by atoms with van der Waals surface area (Å²) < 4.78 is 0. The van der Waals surface area contributed by atoms with E-state index in [2.05, 4.69) is 34.8 Å². The van der Waals surface area contributed by atoms with Crippen molar-refractivity contribution in [2.75, 3.05) is 0 Å². The van der Waals surface area contributed by atoms with Crippen molar-refractivity contribution < 1.29 is 15.0 Å². The maximum Gasteiger partial charge on any atom is 0.244 e. The lowest BCUT2D eigenvalue weighted by Gasteiger charge is -2.18. The van der Waals surface area contributed by atoms with Gasteiger partial charge >= 0.3 is 0 Å². The van der Waals surface area contributed by atoms with Crippen molar-refractivity contribution >= 4 is 12.1 Å². The van der Waals surface area contributed by atoms with Crippen LogP contribution in [0.3, 0.4) is 0 Å². The number of nitrogens with zero attached hydrogens (tertiary/aromatic N) is 1. The topological polar surface area (TPSA) is 81.9 Å². The summed E-state index contributed by atoms with van der Waals surface area (Å²) in [6, 6.07) is 24.5. The summed E-state index contributed by atoms with van der Waals surface area (Å²) >= 11 is 0. The zero-order chi connectivity index (χ0) is 19.6. The minimum Gasteiger partial charge on any atom is -0.504 e. The number of rotatable bonds is 5. The fourth-order valence-corrected chi connectivity index (χ4v) is 3.72. The number of nitrogens with one attached hydrogen (secondary N) is 1. The predicted octanol–water partition coefficient (Wildman–Crippen LogP) is 3.55. The number of hydrazone groups is 1. The van der Waals surface area contributed by atoms with Crippen LogP contribution in [0.2, 0.25) is 0 Å². The average Bonchev–Trinajstić information content (AvgIpc) is 3.49. The third kappa shape index (κ3) is 3.22. The second kappa shape index (κ2) is 7.19. The third-order valence-electron chi connectivity index (χ3n) is 5.24. The molecule has 1 amide bonds. The Morgan fingerprint density at radius 1 is 0.929 bits per heavy atom. The van der Waals surface area contributed by atoms with E-state index < -0.39 is 0 Å². The second-order valence-corrected chi connectivity index (χ2v) is 6.94. The van der Waals surface area contributed by atoms with Crippen LogP contribution in [0.25, 0.3) is 0 Å². The quantitative estimate of drug-likeness (QED) is 0.364. The molecule has 3 N–H and O–H groups in total. The number of amides is 1. The average molecular weight is 372 g/mol. The van der Waals surface area contributed by atoms with Gasteiger partial charge in [-0.1, -0.05) is 60.7 Å². The van der Waals surface area contributed by atoms with E-state index in [1.54, 1.807) is 6.07 Å². The minimum atomic E-state index is -0.334. The molecule has 0 saturated heterocycles. The molecule has 0 aromatic heterocycles. The van der Waals surface area contributed by atoms with E-state index in [0.29, 0.717) is 5.56 Å². The molecule has 0 heterocycles. The maximum absolute atomic E-state index is 12.8. The van der Waals surface area contributed by atoms with Crippen molar-refractivity contribution in [1.29, 1.82) is 0 Å². The molecule has 1 saturated carbocycles. The lowest BCUT2D eigenvalue weighted by Crippen LogP contribution is -2.25. The number of hydrogen-bond acceptors (Lipinski definition) is 4. The highest BCUT2D eigenvalue weighted by atomic mass is 16.3. The fraction of sp³-hybridized carbons (Fsp3) is 0.130. The van der Waals surface area contributed by atoms with Crippen molar-refractivity contribution in [1.82, 2.24) is 5.43 Å². The highest BCUT2D eigenvalue weighted by Gasteiger charge is 2.60. The predicted molar refractivity (Wildman–Crippen MR) is 107 cm³/mol. The van der Waals surface area contributed by atoms with Crippen LogP contribution in [0.4, 0.5) is 0 Å². The van der Waals surface area contributed by atoms with E-state index in [9.17, 15) is 15.0 Å². The lowest BCUT2D eigenvalue weighted by atomic mass is 9.85. The Morgan fingerprint density at radius 3 is 2.11 bits per heavy atom. The number of hydrogen-bond donors (Lipinski definition) is 3. The summed E-state index contributed by atoms with van der Waals surface area (Å²) in [6.45, 7) is 0. The molecule has 1 aliphatic carbocycles. The highest BCUT2D eigenvalue weighted by molar-refractivity contribution is 5.88. The zero-order valence-corrected chi connectivity index (χ0v) is 15.1. The smallest absolute Gasteiger partial charge is 0.244 e. The van der Waals surface area contributed by atoms with Gasteiger partial charge in [-0.3, -0.25) is 4.79 Å². The molecule has 1 aliphatic rings. The van der Waals surface area contributed by atoms with Crippen LogP contribution >= 0.6 is 0 Å². The van der Waals surface area contributed by atoms with Crippen molar-refractivity contribution in [2.24, 2.45) is 11.0 Å². The van der Waals surface area contributed by atoms with Crippen molar-refractivity contribution in [3.8, 4) is 11.5 Å². The number of aromatic hydroxyl groups is 2. The standard InChI is InChI=1S/C23H20N2O3/c26-20-12-11-16(13-21(20)27)15-24-25-22(28)19-14-23(19,17-7-3-1-4-8-17)18-9-5-2-6-10-18/h1-13,15,19,26-27H,14H2,(H,25,28)/b24-15+. The summed E-state index contributed by atoms with van der Waals surface area (Å²) in [5.41, 5.74) is 5.08. The minimum absolute atomic E-state index is 0.146. The van der Waals surface area contributed by atoms with Crippen LogP contribution < -0.4 is 5.43 Å². The van der Waals surface area contributed by atoms with Crippen molar-refractivity contribution in [3.05, 3.63) is 95.6 Å². The zero-order valence-electron chi connectivity index (χ0n) is 15.1. The SMILES string of the molecule is O=C(N/N=C/c1ccc(O)c(O)c1)C1CC1(c1ccccc1)c1ccccc1. The molecular formula is C23H20N2O3. The van der Waals surface area contributed by atoms with Crippen molar-refractivity contribution in [3.63, 3.8) is 0 Å². The molecule has 0 radical (unpaired) electrons. The van der Waals surface area contributed by atoms with Gasteiger partial charge in [-0.25, -0.2) is 5.43 Å².